The van der Waals surface area contributed by atoms with E-state index in [1.807, 2.05) is 19.1 Å². The second-order valence-electron chi connectivity index (χ2n) is 6.19. The number of carbonyl (C=O) groups is 2. The molecule has 134 valence electrons. The number of nitrogens with one attached hydrogen (secondary N) is 1. The van der Waals surface area contributed by atoms with Gasteiger partial charge < -0.3 is 10.1 Å². The highest BCUT2D eigenvalue weighted by Gasteiger charge is 2.35. The molecule has 0 fully saturated rings. The zero-order chi connectivity index (χ0) is 18.2. The maximum absolute atomic E-state index is 12.5. The van der Waals surface area contributed by atoms with E-state index in [-0.39, 0.29) is 5.91 Å². The van der Waals surface area contributed by atoms with Crippen molar-refractivity contribution in [3.05, 3.63) is 35.4 Å². The third-order valence-electron chi connectivity index (χ3n) is 4.29. The highest BCUT2D eigenvalue weighted by atomic mass is 16.5. The van der Waals surface area contributed by atoms with Gasteiger partial charge in [-0.3, -0.25) is 9.69 Å². The van der Waals surface area contributed by atoms with Crippen molar-refractivity contribution < 1.29 is 14.3 Å². The average molecular weight is 334 g/mol. The topological polar surface area (TPSA) is 58.6 Å². The lowest BCUT2D eigenvalue weighted by Crippen LogP contribution is -2.52. The summed E-state index contributed by atoms with van der Waals surface area (Å²) in [6.07, 6.45) is 1.31. The smallest absolute Gasteiger partial charge is 0.331 e. The molecule has 0 saturated carbocycles. The van der Waals surface area contributed by atoms with E-state index in [1.54, 1.807) is 19.1 Å². The Morgan fingerprint density at radius 3 is 2.17 bits per heavy atom. The molecule has 0 unspecified atom stereocenters. The summed E-state index contributed by atoms with van der Waals surface area (Å²) in [4.78, 5) is 26.8. The van der Waals surface area contributed by atoms with Crippen molar-refractivity contribution in [3.8, 4) is 0 Å². The van der Waals surface area contributed by atoms with Crippen molar-refractivity contribution in [2.45, 2.75) is 52.6 Å². The lowest BCUT2D eigenvalue weighted by atomic mass is 9.95. The van der Waals surface area contributed by atoms with E-state index in [4.69, 9.17) is 4.74 Å². The summed E-state index contributed by atoms with van der Waals surface area (Å²) in [7, 11) is 1.34. The highest BCUT2D eigenvalue weighted by molar-refractivity contribution is 5.98. The van der Waals surface area contributed by atoms with Crippen LogP contribution in [-0.2, 0) is 16.1 Å². The lowest BCUT2D eigenvalue weighted by molar-refractivity contribution is -0.147. The number of esters is 1. The Morgan fingerprint density at radius 2 is 1.71 bits per heavy atom. The molecule has 0 aliphatic heterocycles. The molecular formula is C19H30N2O3. The number of methoxy groups -OCH3 is 1. The van der Waals surface area contributed by atoms with Gasteiger partial charge in [-0.1, -0.05) is 39.3 Å². The SMILES string of the molecule is CCC[C@](C)(NC(=O)c1ccc(CN(CC)CC)cc1)C(=O)OC. The first-order valence-corrected chi connectivity index (χ1v) is 8.62. The van der Waals surface area contributed by atoms with Crippen LogP contribution in [0, 0.1) is 0 Å². The third kappa shape index (κ3) is 5.34. The van der Waals surface area contributed by atoms with Crippen LogP contribution in [0.5, 0.6) is 0 Å². The number of nitrogens with zero attached hydrogens (tertiary/aromatic N) is 1. The number of carbonyl (C=O) groups excluding carboxylic acids is 2. The van der Waals surface area contributed by atoms with Crippen LogP contribution >= 0.6 is 0 Å². The van der Waals surface area contributed by atoms with E-state index < -0.39 is 11.5 Å². The molecule has 24 heavy (non-hydrogen) atoms. The van der Waals surface area contributed by atoms with Gasteiger partial charge in [-0.2, -0.15) is 0 Å². The molecule has 0 heterocycles. The van der Waals surface area contributed by atoms with E-state index in [9.17, 15) is 9.59 Å². The van der Waals surface area contributed by atoms with Gasteiger partial charge in [0.1, 0.15) is 5.54 Å². The molecule has 5 nitrogen and oxygen atoms in total. The first-order chi connectivity index (χ1) is 11.4. The van der Waals surface area contributed by atoms with E-state index in [0.29, 0.717) is 12.0 Å². The number of hydrogen-bond donors (Lipinski definition) is 1. The molecule has 1 aromatic carbocycles. The van der Waals surface area contributed by atoms with Gasteiger partial charge in [-0.15, -0.1) is 0 Å². The Bertz CT molecular complexity index is 538. The molecule has 1 amide bonds. The van der Waals surface area contributed by atoms with Gasteiger partial charge in [0.2, 0.25) is 0 Å². The van der Waals surface area contributed by atoms with Gasteiger partial charge in [0.25, 0.3) is 5.91 Å². The predicted octanol–water partition coefficient (Wildman–Crippen LogP) is 2.99. The Labute approximate surface area is 145 Å². The van der Waals surface area contributed by atoms with Crippen LogP contribution in [0.3, 0.4) is 0 Å². The quantitative estimate of drug-likeness (QED) is 0.705. The van der Waals surface area contributed by atoms with Gasteiger partial charge in [0, 0.05) is 12.1 Å². The number of benzene rings is 1. The Kier molecular flexibility index (Phi) is 7.92. The summed E-state index contributed by atoms with van der Waals surface area (Å²) < 4.78 is 4.83. The van der Waals surface area contributed by atoms with Crippen molar-refractivity contribution in [3.63, 3.8) is 0 Å². The monoisotopic (exact) mass is 334 g/mol. The Balaban J connectivity index is 2.82. The minimum atomic E-state index is -1.000. The largest absolute Gasteiger partial charge is 0.467 e. The zero-order valence-corrected chi connectivity index (χ0v) is 15.5. The molecule has 1 N–H and O–H groups in total. The van der Waals surface area contributed by atoms with E-state index in [0.717, 1.165) is 26.1 Å². The van der Waals surface area contributed by atoms with Crippen LogP contribution in [0.2, 0.25) is 0 Å². The second kappa shape index (κ2) is 9.42. The molecule has 0 spiro atoms. The van der Waals surface area contributed by atoms with Crippen molar-refractivity contribution in [1.29, 1.82) is 0 Å². The van der Waals surface area contributed by atoms with Crippen LogP contribution < -0.4 is 5.32 Å². The highest BCUT2D eigenvalue weighted by Crippen LogP contribution is 2.16. The molecular weight excluding hydrogens is 304 g/mol. The van der Waals surface area contributed by atoms with Crippen molar-refractivity contribution >= 4 is 11.9 Å². The first-order valence-electron chi connectivity index (χ1n) is 8.62. The molecule has 0 aliphatic rings. The molecule has 0 saturated heterocycles. The third-order valence-corrected chi connectivity index (χ3v) is 4.29. The summed E-state index contributed by atoms with van der Waals surface area (Å²) in [5, 5.41) is 2.82. The molecule has 0 aliphatic carbocycles. The molecule has 0 radical (unpaired) electrons. The van der Waals surface area contributed by atoms with Crippen LogP contribution in [0.1, 0.15) is 56.5 Å². The normalized spacial score (nSPS) is 13.4. The Morgan fingerprint density at radius 1 is 1.12 bits per heavy atom. The Hall–Kier alpha value is -1.88. The first kappa shape index (κ1) is 20.2. The number of ether oxygens (including phenoxy) is 1. The molecule has 0 aromatic heterocycles. The van der Waals surface area contributed by atoms with Gasteiger partial charge in [-0.25, -0.2) is 4.79 Å². The van der Waals surface area contributed by atoms with E-state index >= 15 is 0 Å². The fraction of sp³-hybridized carbons (Fsp3) is 0.579. The zero-order valence-electron chi connectivity index (χ0n) is 15.5. The van der Waals surface area contributed by atoms with E-state index in [1.165, 1.54) is 12.7 Å². The van der Waals surface area contributed by atoms with Crippen molar-refractivity contribution in [2.24, 2.45) is 0 Å². The maximum Gasteiger partial charge on any atom is 0.331 e. The number of rotatable bonds is 9. The molecule has 0 bridgehead atoms. The minimum Gasteiger partial charge on any atom is -0.467 e. The lowest BCUT2D eigenvalue weighted by Gasteiger charge is -2.27. The number of hydrogen-bond acceptors (Lipinski definition) is 4. The van der Waals surface area contributed by atoms with Crippen LogP contribution in [0.4, 0.5) is 0 Å². The van der Waals surface area contributed by atoms with Crippen molar-refractivity contribution in [1.82, 2.24) is 10.2 Å². The summed E-state index contributed by atoms with van der Waals surface area (Å²) in [6, 6.07) is 7.53. The maximum atomic E-state index is 12.5. The summed E-state index contributed by atoms with van der Waals surface area (Å²) in [5.41, 5.74) is 0.713. The summed E-state index contributed by atoms with van der Waals surface area (Å²) in [6.45, 7) is 10.8. The fourth-order valence-corrected chi connectivity index (χ4v) is 2.73. The van der Waals surface area contributed by atoms with E-state index in [2.05, 4.69) is 24.1 Å². The second-order valence-corrected chi connectivity index (χ2v) is 6.19. The van der Waals surface area contributed by atoms with Gasteiger partial charge in [0.05, 0.1) is 7.11 Å². The number of amides is 1. The van der Waals surface area contributed by atoms with Crippen LogP contribution in [0.15, 0.2) is 24.3 Å². The van der Waals surface area contributed by atoms with Gasteiger partial charge in [-0.05, 0) is 44.1 Å². The fourth-order valence-electron chi connectivity index (χ4n) is 2.73. The molecule has 1 aromatic rings. The van der Waals surface area contributed by atoms with Crippen molar-refractivity contribution in [2.75, 3.05) is 20.2 Å². The molecule has 1 atom stereocenters. The standard InChI is InChI=1S/C19H30N2O3/c1-6-13-19(4,18(23)24-5)20-17(22)16-11-9-15(10-12-16)14-21(7-2)8-3/h9-12H,6-8,13-14H2,1-5H3,(H,20,22)/t19-/m0/s1. The minimum absolute atomic E-state index is 0.259. The van der Waals surface area contributed by atoms with Gasteiger partial charge in [0.15, 0.2) is 0 Å². The average Bonchev–Trinajstić information content (AvgIpc) is 2.59. The predicted molar refractivity (Wildman–Crippen MR) is 95.9 cm³/mol. The van der Waals surface area contributed by atoms with Crippen LogP contribution in [-0.4, -0.2) is 42.5 Å². The summed E-state index contributed by atoms with van der Waals surface area (Å²) in [5.74, 6) is -0.679. The van der Waals surface area contributed by atoms with Gasteiger partial charge >= 0.3 is 5.97 Å². The van der Waals surface area contributed by atoms with Crippen LogP contribution in [0.25, 0.3) is 0 Å². The molecule has 5 heteroatoms. The molecule has 1 rings (SSSR count). The summed E-state index contributed by atoms with van der Waals surface area (Å²) >= 11 is 0.